The Morgan fingerprint density at radius 3 is 3.00 bits per heavy atom. The van der Waals surface area contributed by atoms with Crippen LogP contribution in [0.25, 0.3) is 10.9 Å². The molecule has 4 N–H and O–H groups in total. The molecular weight excluding hydrogens is 250 g/mol. The second-order valence-electron chi connectivity index (χ2n) is 5.89. The third-order valence-corrected chi connectivity index (χ3v) is 4.27. The first kappa shape index (κ1) is 13.2. The van der Waals surface area contributed by atoms with E-state index in [1.807, 2.05) is 24.4 Å². The lowest BCUT2D eigenvalue weighted by molar-refractivity contribution is -0.122. The van der Waals surface area contributed by atoms with Crippen LogP contribution in [0, 0.1) is 11.8 Å². The van der Waals surface area contributed by atoms with Crippen molar-refractivity contribution in [2.24, 2.45) is 17.6 Å². The number of amides is 1. The van der Waals surface area contributed by atoms with Crippen molar-refractivity contribution in [3.63, 3.8) is 0 Å². The zero-order chi connectivity index (χ0) is 14.1. The SMILES string of the molecule is CC1CC1CNC(=O)[C@@H](N)Cc1c[nH]c2ccccc12. The number of benzene rings is 1. The van der Waals surface area contributed by atoms with E-state index in [1.165, 1.54) is 6.42 Å². The van der Waals surface area contributed by atoms with Crippen LogP contribution in [0.5, 0.6) is 0 Å². The number of rotatable bonds is 5. The lowest BCUT2D eigenvalue weighted by Crippen LogP contribution is -2.42. The van der Waals surface area contributed by atoms with Crippen LogP contribution in [0.4, 0.5) is 0 Å². The number of hydrogen-bond donors (Lipinski definition) is 3. The van der Waals surface area contributed by atoms with Gasteiger partial charge >= 0.3 is 0 Å². The highest BCUT2D eigenvalue weighted by Gasteiger charge is 2.32. The van der Waals surface area contributed by atoms with Crippen LogP contribution in [-0.4, -0.2) is 23.5 Å². The summed E-state index contributed by atoms with van der Waals surface area (Å²) in [6.45, 7) is 2.98. The molecule has 0 spiro atoms. The van der Waals surface area contributed by atoms with Crippen LogP contribution in [0.3, 0.4) is 0 Å². The molecule has 1 fully saturated rings. The van der Waals surface area contributed by atoms with E-state index in [2.05, 4.69) is 23.3 Å². The van der Waals surface area contributed by atoms with Crippen LogP contribution in [-0.2, 0) is 11.2 Å². The minimum atomic E-state index is -0.483. The van der Waals surface area contributed by atoms with Gasteiger partial charge in [0.15, 0.2) is 0 Å². The van der Waals surface area contributed by atoms with Crippen molar-refractivity contribution in [2.45, 2.75) is 25.8 Å². The van der Waals surface area contributed by atoms with E-state index < -0.39 is 6.04 Å². The zero-order valence-electron chi connectivity index (χ0n) is 11.7. The average Bonchev–Trinajstić information content (AvgIpc) is 3.01. The van der Waals surface area contributed by atoms with Gasteiger partial charge in [-0.1, -0.05) is 25.1 Å². The number of hydrogen-bond acceptors (Lipinski definition) is 2. The highest BCUT2D eigenvalue weighted by molar-refractivity contribution is 5.86. The number of H-pyrrole nitrogens is 1. The lowest BCUT2D eigenvalue weighted by atomic mass is 10.1. The topological polar surface area (TPSA) is 70.9 Å². The van der Waals surface area contributed by atoms with Gasteiger partial charge in [-0.15, -0.1) is 0 Å². The second kappa shape index (κ2) is 5.29. The number of nitrogens with two attached hydrogens (primary N) is 1. The molecule has 0 radical (unpaired) electrons. The molecule has 2 unspecified atom stereocenters. The Labute approximate surface area is 118 Å². The number of aromatic nitrogens is 1. The van der Waals surface area contributed by atoms with E-state index in [1.54, 1.807) is 0 Å². The molecule has 20 heavy (non-hydrogen) atoms. The molecule has 2 aromatic rings. The summed E-state index contributed by atoms with van der Waals surface area (Å²) in [7, 11) is 0. The summed E-state index contributed by atoms with van der Waals surface area (Å²) in [6, 6.07) is 7.59. The van der Waals surface area contributed by atoms with Gasteiger partial charge in [0.2, 0.25) is 5.91 Å². The summed E-state index contributed by atoms with van der Waals surface area (Å²) < 4.78 is 0. The first-order chi connectivity index (χ1) is 9.65. The van der Waals surface area contributed by atoms with Crippen molar-refractivity contribution in [3.05, 3.63) is 36.0 Å². The van der Waals surface area contributed by atoms with Crippen molar-refractivity contribution < 1.29 is 4.79 Å². The Morgan fingerprint density at radius 1 is 1.50 bits per heavy atom. The normalized spacial score (nSPS) is 22.7. The fourth-order valence-electron chi connectivity index (χ4n) is 2.68. The molecule has 0 saturated heterocycles. The quantitative estimate of drug-likeness (QED) is 0.776. The largest absolute Gasteiger partial charge is 0.361 e. The summed E-state index contributed by atoms with van der Waals surface area (Å²) >= 11 is 0. The summed E-state index contributed by atoms with van der Waals surface area (Å²) in [5, 5.41) is 4.11. The molecule has 1 aliphatic carbocycles. The molecule has 4 nitrogen and oxygen atoms in total. The second-order valence-corrected chi connectivity index (χ2v) is 5.89. The summed E-state index contributed by atoms with van der Waals surface area (Å²) in [6.07, 6.45) is 3.73. The van der Waals surface area contributed by atoms with Gasteiger partial charge in [0, 0.05) is 23.6 Å². The third kappa shape index (κ3) is 2.70. The third-order valence-electron chi connectivity index (χ3n) is 4.27. The van der Waals surface area contributed by atoms with Crippen molar-refractivity contribution in [3.8, 4) is 0 Å². The number of carbonyl (C=O) groups is 1. The van der Waals surface area contributed by atoms with E-state index in [0.29, 0.717) is 12.3 Å². The smallest absolute Gasteiger partial charge is 0.237 e. The first-order valence-electron chi connectivity index (χ1n) is 7.23. The number of aromatic amines is 1. The predicted octanol–water partition coefficient (Wildman–Crippen LogP) is 1.81. The molecule has 106 valence electrons. The maximum Gasteiger partial charge on any atom is 0.237 e. The minimum Gasteiger partial charge on any atom is -0.361 e. The molecule has 3 rings (SSSR count). The van der Waals surface area contributed by atoms with Gasteiger partial charge < -0.3 is 16.0 Å². The van der Waals surface area contributed by atoms with Gasteiger partial charge in [0.1, 0.15) is 0 Å². The Hall–Kier alpha value is -1.81. The summed E-state index contributed by atoms with van der Waals surface area (Å²) in [4.78, 5) is 15.2. The van der Waals surface area contributed by atoms with Crippen LogP contribution in [0.15, 0.2) is 30.5 Å². The van der Waals surface area contributed by atoms with E-state index in [0.717, 1.165) is 28.9 Å². The van der Waals surface area contributed by atoms with Crippen LogP contribution >= 0.6 is 0 Å². The van der Waals surface area contributed by atoms with Crippen molar-refractivity contribution in [2.75, 3.05) is 6.54 Å². The van der Waals surface area contributed by atoms with E-state index in [-0.39, 0.29) is 5.91 Å². The molecule has 1 heterocycles. The van der Waals surface area contributed by atoms with E-state index in [9.17, 15) is 4.79 Å². The van der Waals surface area contributed by atoms with Crippen LogP contribution < -0.4 is 11.1 Å². The predicted molar refractivity (Wildman–Crippen MR) is 80.3 cm³/mol. The minimum absolute atomic E-state index is 0.0469. The van der Waals surface area contributed by atoms with E-state index in [4.69, 9.17) is 5.73 Å². The molecule has 0 bridgehead atoms. The summed E-state index contributed by atoms with van der Waals surface area (Å²) in [5.41, 5.74) is 8.20. The lowest BCUT2D eigenvalue weighted by Gasteiger charge is -2.11. The fraction of sp³-hybridized carbons (Fsp3) is 0.438. The van der Waals surface area contributed by atoms with Gasteiger partial charge in [-0.2, -0.15) is 0 Å². The molecule has 1 aromatic heterocycles. The van der Waals surface area contributed by atoms with Gasteiger partial charge in [0.05, 0.1) is 6.04 Å². The van der Waals surface area contributed by atoms with Crippen molar-refractivity contribution in [1.29, 1.82) is 0 Å². The first-order valence-corrected chi connectivity index (χ1v) is 7.23. The number of para-hydroxylation sites is 1. The standard InChI is InChI=1S/C16H21N3O/c1-10-6-11(10)8-19-16(20)14(17)7-12-9-18-15-5-3-2-4-13(12)15/h2-5,9-11,14,18H,6-8,17H2,1H3,(H,19,20)/t10?,11?,14-/m0/s1. The van der Waals surface area contributed by atoms with Crippen molar-refractivity contribution >= 4 is 16.8 Å². The van der Waals surface area contributed by atoms with E-state index >= 15 is 0 Å². The van der Waals surface area contributed by atoms with Crippen LogP contribution in [0.1, 0.15) is 18.9 Å². The maximum absolute atomic E-state index is 12.0. The maximum atomic E-state index is 12.0. The Bertz CT molecular complexity index is 619. The van der Waals surface area contributed by atoms with Gasteiger partial charge in [-0.25, -0.2) is 0 Å². The molecule has 1 aromatic carbocycles. The molecule has 3 atom stereocenters. The highest BCUT2D eigenvalue weighted by atomic mass is 16.2. The molecular formula is C16H21N3O. The molecule has 4 heteroatoms. The average molecular weight is 271 g/mol. The van der Waals surface area contributed by atoms with Gasteiger partial charge in [-0.3, -0.25) is 4.79 Å². The fourth-order valence-corrected chi connectivity index (χ4v) is 2.68. The van der Waals surface area contributed by atoms with Gasteiger partial charge in [0.25, 0.3) is 0 Å². The summed E-state index contributed by atoms with van der Waals surface area (Å²) in [5.74, 6) is 1.36. The number of fused-ring (bicyclic) bond motifs is 1. The molecule has 0 aliphatic heterocycles. The highest BCUT2D eigenvalue weighted by Crippen LogP contribution is 2.36. The molecule has 1 aliphatic rings. The van der Waals surface area contributed by atoms with Crippen molar-refractivity contribution in [1.82, 2.24) is 10.3 Å². The number of carbonyl (C=O) groups excluding carboxylic acids is 1. The Balaban J connectivity index is 1.60. The Morgan fingerprint density at radius 2 is 2.25 bits per heavy atom. The van der Waals surface area contributed by atoms with Gasteiger partial charge in [-0.05, 0) is 36.3 Å². The zero-order valence-corrected chi connectivity index (χ0v) is 11.7. The number of nitrogens with one attached hydrogen (secondary N) is 2. The Kier molecular flexibility index (Phi) is 3.49. The monoisotopic (exact) mass is 271 g/mol. The molecule has 1 saturated carbocycles. The van der Waals surface area contributed by atoms with Crippen LogP contribution in [0.2, 0.25) is 0 Å². The molecule has 1 amide bonds.